The van der Waals surface area contributed by atoms with Crippen LogP contribution in [0, 0.1) is 0 Å². The Labute approximate surface area is 208 Å². The van der Waals surface area contributed by atoms with Crippen LogP contribution in [0.2, 0.25) is 5.04 Å². The highest BCUT2D eigenvalue weighted by molar-refractivity contribution is 7.13. The molecule has 0 radical (unpaired) electrons. The smallest absolute Gasteiger partial charge is 0.261 e. The summed E-state index contributed by atoms with van der Waals surface area (Å²) in [7, 11) is -2.44. The maximum atomic E-state index is 9.70. The number of anilines is 1. The van der Waals surface area contributed by atoms with E-state index in [4.69, 9.17) is 4.43 Å². The molecule has 5 nitrogen and oxygen atoms in total. The number of hydrogen-bond acceptors (Lipinski definition) is 5. The number of nitrogens with zero attached hydrogens (tertiary/aromatic N) is 2. The van der Waals surface area contributed by atoms with E-state index in [9.17, 15) is 4.79 Å². The van der Waals surface area contributed by atoms with Gasteiger partial charge in [0, 0.05) is 30.7 Å². The van der Waals surface area contributed by atoms with Gasteiger partial charge in [-0.15, -0.1) is 11.3 Å². The van der Waals surface area contributed by atoms with E-state index in [-0.39, 0.29) is 11.1 Å². The van der Waals surface area contributed by atoms with E-state index in [1.807, 2.05) is 11.6 Å². The van der Waals surface area contributed by atoms with Crippen molar-refractivity contribution in [2.24, 2.45) is 0 Å². The third-order valence-corrected chi connectivity index (χ3v) is 12.6. The van der Waals surface area contributed by atoms with Crippen LogP contribution in [-0.2, 0) is 9.22 Å². The molecule has 5 rings (SSSR count). The lowest BCUT2D eigenvalue weighted by Crippen LogP contribution is -2.70. The lowest BCUT2D eigenvalue weighted by atomic mass is 9.94. The summed E-state index contributed by atoms with van der Waals surface area (Å²) in [4.78, 5) is 16.4. The summed E-state index contributed by atoms with van der Waals surface area (Å²) in [6.07, 6.45) is 6.53. The van der Waals surface area contributed by atoms with Crippen LogP contribution in [0.5, 0.6) is 0 Å². The molecule has 0 unspecified atom stereocenters. The van der Waals surface area contributed by atoms with Crippen molar-refractivity contribution in [1.29, 1.82) is 0 Å². The summed E-state index contributed by atoms with van der Waals surface area (Å²) in [5.74, 6) is 0. The summed E-state index contributed by atoms with van der Waals surface area (Å²) >= 11 is 1.70. The second-order valence-corrected chi connectivity index (χ2v) is 15.2. The Morgan fingerprint density at radius 3 is 2.00 bits per heavy atom. The predicted molar refractivity (Wildman–Crippen MR) is 144 cm³/mol. The second kappa shape index (κ2) is 10.8. The molecule has 1 aliphatic carbocycles. The van der Waals surface area contributed by atoms with Gasteiger partial charge in [0.05, 0.1) is 6.10 Å². The van der Waals surface area contributed by atoms with Gasteiger partial charge in [-0.05, 0) is 34.7 Å². The third-order valence-electron chi connectivity index (χ3n) is 6.71. The molecule has 2 fully saturated rings. The van der Waals surface area contributed by atoms with Crippen LogP contribution < -0.4 is 20.6 Å². The maximum absolute atomic E-state index is 9.70. The molecule has 2 aromatic carbocycles. The Balaban J connectivity index is 0.000000336. The molecule has 180 valence electrons. The van der Waals surface area contributed by atoms with Crippen molar-refractivity contribution in [2.75, 3.05) is 18.0 Å². The van der Waals surface area contributed by atoms with Gasteiger partial charge in [0.25, 0.3) is 8.32 Å². The lowest BCUT2D eigenvalue weighted by molar-refractivity contribution is -0.110. The molecule has 1 saturated heterocycles. The van der Waals surface area contributed by atoms with Gasteiger partial charge in [-0.25, -0.2) is 4.98 Å². The first-order chi connectivity index (χ1) is 16.4. The Bertz CT molecular complexity index is 976. The second-order valence-electron chi connectivity index (χ2n) is 10.0. The largest absolute Gasteiger partial charge is 0.401 e. The normalized spacial score (nSPS) is 16.6. The topological polar surface area (TPSA) is 54.5 Å². The Hall–Kier alpha value is -2.48. The van der Waals surface area contributed by atoms with E-state index < -0.39 is 8.32 Å². The predicted octanol–water partition coefficient (Wildman–Crippen LogP) is 4.19. The van der Waals surface area contributed by atoms with Crippen LogP contribution in [0.25, 0.3) is 0 Å². The average molecular weight is 494 g/mol. The van der Waals surface area contributed by atoms with E-state index >= 15 is 0 Å². The summed E-state index contributed by atoms with van der Waals surface area (Å²) in [6, 6.07) is 22.2. The Morgan fingerprint density at radius 2 is 1.62 bits per heavy atom. The summed E-state index contributed by atoms with van der Waals surface area (Å²) < 4.78 is 7.11. The molecule has 2 aliphatic rings. The van der Waals surface area contributed by atoms with Crippen LogP contribution in [0.3, 0.4) is 0 Å². The van der Waals surface area contributed by atoms with E-state index in [0.29, 0.717) is 6.04 Å². The number of amides is 1. The van der Waals surface area contributed by atoms with E-state index in [1.165, 1.54) is 29.6 Å². The number of carbonyl (C=O) groups excluding carboxylic acids is 1. The number of hydrogen-bond donors (Lipinski definition) is 1. The Kier molecular flexibility index (Phi) is 7.86. The van der Waals surface area contributed by atoms with Crippen LogP contribution in [0.4, 0.5) is 5.13 Å². The highest BCUT2D eigenvalue weighted by Crippen LogP contribution is 2.39. The minimum atomic E-state index is -2.44. The zero-order valence-corrected chi connectivity index (χ0v) is 22.1. The molecule has 7 heteroatoms. The monoisotopic (exact) mass is 493 g/mol. The molecule has 1 saturated carbocycles. The van der Waals surface area contributed by atoms with Gasteiger partial charge in [-0.1, -0.05) is 81.4 Å². The van der Waals surface area contributed by atoms with Gasteiger partial charge in [0.1, 0.15) is 0 Å². The van der Waals surface area contributed by atoms with Crippen molar-refractivity contribution in [3.63, 3.8) is 0 Å². The average Bonchev–Trinajstić information content (AvgIpc) is 3.31. The summed E-state index contributed by atoms with van der Waals surface area (Å²) in [6.45, 7) is 8.82. The van der Waals surface area contributed by atoms with E-state index in [2.05, 4.69) is 96.6 Å². The molecule has 1 amide bonds. The first-order valence-corrected chi connectivity index (χ1v) is 14.9. The fourth-order valence-electron chi connectivity index (χ4n) is 4.65. The van der Waals surface area contributed by atoms with Crippen molar-refractivity contribution >= 4 is 41.6 Å². The third kappa shape index (κ3) is 5.27. The molecule has 1 N–H and O–H groups in total. The molecule has 3 aromatic rings. The molecule has 34 heavy (non-hydrogen) atoms. The highest BCUT2D eigenvalue weighted by atomic mass is 32.1. The molecule has 0 atom stereocenters. The fourth-order valence-corrected chi connectivity index (χ4v) is 9.98. The van der Waals surface area contributed by atoms with Crippen molar-refractivity contribution in [3.05, 3.63) is 72.2 Å². The molecule has 1 aliphatic heterocycles. The SMILES string of the molecule is CC(C)(C)[Si](OC1CN(c2nccs2)C1)(c1ccccc1)c1ccccc1.O=CNC1CCC1. The van der Waals surface area contributed by atoms with Gasteiger partial charge in [-0.2, -0.15) is 0 Å². The maximum Gasteiger partial charge on any atom is 0.261 e. The van der Waals surface area contributed by atoms with Crippen LogP contribution >= 0.6 is 11.3 Å². The Morgan fingerprint density at radius 1 is 1.03 bits per heavy atom. The zero-order chi connectivity index (χ0) is 24.0. The molecule has 0 bridgehead atoms. The van der Waals surface area contributed by atoms with Crippen LogP contribution in [0.1, 0.15) is 40.0 Å². The van der Waals surface area contributed by atoms with Crippen molar-refractivity contribution in [2.45, 2.75) is 57.2 Å². The molecule has 2 heterocycles. The van der Waals surface area contributed by atoms with E-state index in [0.717, 1.165) is 24.6 Å². The van der Waals surface area contributed by atoms with Gasteiger partial charge in [0.15, 0.2) is 5.13 Å². The summed E-state index contributed by atoms with van der Waals surface area (Å²) in [5.41, 5.74) is 0. The standard InChI is InChI=1S/C22H26N2OSSi.C5H9NO/c1-22(2,3)27(19-10-6-4-7-11-19,20-12-8-5-9-13-20)25-18-16-24(17-18)21-23-14-15-26-21;7-4-6-5-2-1-3-5/h4-15,18H,16-17H2,1-3H3;4-5H,1-3H2,(H,6,7). The molecule has 1 aromatic heterocycles. The first-order valence-electron chi connectivity index (χ1n) is 12.1. The highest BCUT2D eigenvalue weighted by Gasteiger charge is 2.52. The molecular formula is C27H35N3O2SSi. The van der Waals surface area contributed by atoms with Crippen molar-refractivity contribution in [3.8, 4) is 0 Å². The van der Waals surface area contributed by atoms with Crippen LogP contribution in [0.15, 0.2) is 72.2 Å². The van der Waals surface area contributed by atoms with E-state index in [1.54, 1.807) is 11.3 Å². The number of benzene rings is 2. The van der Waals surface area contributed by atoms with Gasteiger partial charge in [0.2, 0.25) is 6.41 Å². The first kappa shape index (κ1) is 24.6. The van der Waals surface area contributed by atoms with Gasteiger partial charge in [-0.3, -0.25) is 4.79 Å². The molecular weight excluding hydrogens is 458 g/mol. The van der Waals surface area contributed by atoms with Crippen molar-refractivity contribution in [1.82, 2.24) is 10.3 Å². The quantitative estimate of drug-likeness (QED) is 0.396. The lowest BCUT2D eigenvalue weighted by Gasteiger charge is -2.49. The molecule has 0 spiro atoms. The fraction of sp³-hybridized carbons (Fsp3) is 0.407. The minimum Gasteiger partial charge on any atom is -0.401 e. The van der Waals surface area contributed by atoms with Crippen molar-refractivity contribution < 1.29 is 9.22 Å². The minimum absolute atomic E-state index is 0.0251. The zero-order valence-electron chi connectivity index (χ0n) is 20.3. The summed E-state index contributed by atoms with van der Waals surface area (Å²) in [5, 5.41) is 8.54. The van der Waals surface area contributed by atoms with Crippen LogP contribution in [-0.4, -0.2) is 44.9 Å². The van der Waals surface area contributed by atoms with Gasteiger partial charge < -0.3 is 14.6 Å². The number of thiazole rings is 1. The number of aromatic nitrogens is 1. The number of carbonyl (C=O) groups is 1. The van der Waals surface area contributed by atoms with Gasteiger partial charge >= 0.3 is 0 Å². The number of rotatable bonds is 7. The number of nitrogens with one attached hydrogen (secondary N) is 1.